The van der Waals surface area contributed by atoms with E-state index >= 15 is 0 Å². The Hall–Kier alpha value is -1.18. The van der Waals surface area contributed by atoms with E-state index in [0.717, 1.165) is 57.7 Å². The van der Waals surface area contributed by atoms with Crippen LogP contribution in [0.4, 0.5) is 0 Å². The summed E-state index contributed by atoms with van der Waals surface area (Å²) < 4.78 is 12.1. The van der Waals surface area contributed by atoms with Gasteiger partial charge in [-0.1, -0.05) is 30.2 Å². The van der Waals surface area contributed by atoms with Crippen LogP contribution in [0, 0.1) is 11.8 Å². The standard InChI is InChI=1S/C26H42ClN3O3/c1-3-29-25(31)19-33-26(21-9-6-11-23(27)15-21)22-10-7-12-30(17-22)24(16-28-2)14-20-8-4-5-13-32-18-20/h6,9,11,15,20,22,24,26,28H,3-5,7-8,10,12-14,16-19H2,1-2H3,(H,29,31). The van der Waals surface area contributed by atoms with E-state index in [2.05, 4.69) is 21.6 Å². The van der Waals surface area contributed by atoms with Gasteiger partial charge in [0.15, 0.2) is 0 Å². The Labute approximate surface area is 204 Å². The van der Waals surface area contributed by atoms with E-state index in [4.69, 9.17) is 21.1 Å². The molecule has 1 aromatic rings. The average molecular weight is 480 g/mol. The second kappa shape index (κ2) is 14.3. The fraction of sp³-hybridized carbons (Fsp3) is 0.731. The highest BCUT2D eigenvalue weighted by Crippen LogP contribution is 2.35. The van der Waals surface area contributed by atoms with Crippen molar-refractivity contribution >= 4 is 17.5 Å². The number of rotatable bonds is 11. The van der Waals surface area contributed by atoms with Crippen LogP contribution in [0.15, 0.2) is 24.3 Å². The predicted molar refractivity (Wildman–Crippen MR) is 134 cm³/mol. The minimum atomic E-state index is -0.148. The molecule has 0 spiro atoms. The summed E-state index contributed by atoms with van der Waals surface area (Å²) in [5.41, 5.74) is 1.06. The molecule has 7 heteroatoms. The molecular formula is C26H42ClN3O3. The maximum Gasteiger partial charge on any atom is 0.246 e. The molecule has 3 rings (SSSR count). The maximum atomic E-state index is 12.1. The molecule has 2 fully saturated rings. The van der Waals surface area contributed by atoms with Crippen molar-refractivity contribution in [2.45, 2.75) is 57.6 Å². The number of ether oxygens (including phenoxy) is 2. The number of benzene rings is 1. The van der Waals surface area contributed by atoms with Crippen molar-refractivity contribution < 1.29 is 14.3 Å². The van der Waals surface area contributed by atoms with Gasteiger partial charge >= 0.3 is 0 Å². The van der Waals surface area contributed by atoms with Crippen molar-refractivity contribution in [3.8, 4) is 0 Å². The molecule has 33 heavy (non-hydrogen) atoms. The van der Waals surface area contributed by atoms with Gasteiger partial charge in [-0.25, -0.2) is 0 Å². The first-order valence-electron chi connectivity index (χ1n) is 12.7. The number of amides is 1. The zero-order chi connectivity index (χ0) is 23.5. The van der Waals surface area contributed by atoms with Crippen molar-refractivity contribution in [1.29, 1.82) is 0 Å². The monoisotopic (exact) mass is 479 g/mol. The molecule has 2 aliphatic rings. The zero-order valence-corrected chi connectivity index (χ0v) is 21.1. The van der Waals surface area contributed by atoms with Crippen molar-refractivity contribution in [1.82, 2.24) is 15.5 Å². The molecule has 0 radical (unpaired) electrons. The summed E-state index contributed by atoms with van der Waals surface area (Å²) in [7, 11) is 2.04. The number of carbonyl (C=O) groups is 1. The van der Waals surface area contributed by atoms with Crippen LogP contribution >= 0.6 is 11.6 Å². The van der Waals surface area contributed by atoms with Gasteiger partial charge in [0.1, 0.15) is 6.61 Å². The second-order valence-electron chi connectivity index (χ2n) is 9.52. The minimum absolute atomic E-state index is 0.0703. The summed E-state index contributed by atoms with van der Waals surface area (Å²) >= 11 is 6.32. The summed E-state index contributed by atoms with van der Waals surface area (Å²) in [4.78, 5) is 14.8. The SMILES string of the molecule is CCNC(=O)COC(c1cccc(Cl)c1)C1CCCN(C(CNC)CC2CCCCOC2)C1. The summed E-state index contributed by atoms with van der Waals surface area (Å²) in [6.45, 7) is 7.44. The molecule has 0 aliphatic carbocycles. The Bertz CT molecular complexity index is 712. The Morgan fingerprint density at radius 1 is 1.30 bits per heavy atom. The van der Waals surface area contributed by atoms with Crippen LogP contribution < -0.4 is 10.6 Å². The van der Waals surface area contributed by atoms with Gasteiger partial charge in [0.05, 0.1) is 6.10 Å². The molecule has 2 aliphatic heterocycles. The smallest absolute Gasteiger partial charge is 0.246 e. The first-order valence-corrected chi connectivity index (χ1v) is 13.1. The number of carbonyl (C=O) groups excluding carboxylic acids is 1. The molecule has 0 bridgehead atoms. The van der Waals surface area contributed by atoms with Gasteiger partial charge in [0.2, 0.25) is 5.91 Å². The van der Waals surface area contributed by atoms with Crippen molar-refractivity contribution in [3.63, 3.8) is 0 Å². The lowest BCUT2D eigenvalue weighted by Gasteiger charge is -2.42. The van der Waals surface area contributed by atoms with E-state index in [1.807, 2.05) is 32.2 Å². The van der Waals surface area contributed by atoms with Crippen LogP contribution in [0.25, 0.3) is 0 Å². The van der Waals surface area contributed by atoms with Gasteiger partial charge < -0.3 is 20.1 Å². The molecule has 4 atom stereocenters. The molecule has 186 valence electrons. The molecular weight excluding hydrogens is 438 g/mol. The van der Waals surface area contributed by atoms with E-state index in [-0.39, 0.29) is 18.6 Å². The van der Waals surface area contributed by atoms with Gasteiger partial charge in [-0.05, 0) is 76.2 Å². The number of hydrogen-bond donors (Lipinski definition) is 2. The molecule has 0 aromatic heterocycles. The highest BCUT2D eigenvalue weighted by Gasteiger charge is 2.33. The fourth-order valence-corrected chi connectivity index (χ4v) is 5.56. The van der Waals surface area contributed by atoms with E-state index < -0.39 is 0 Å². The number of halogens is 1. The van der Waals surface area contributed by atoms with Crippen LogP contribution in [0.5, 0.6) is 0 Å². The lowest BCUT2D eigenvalue weighted by atomic mass is 9.86. The topological polar surface area (TPSA) is 62.8 Å². The van der Waals surface area contributed by atoms with Gasteiger partial charge in [0.25, 0.3) is 0 Å². The Balaban J connectivity index is 1.71. The number of likely N-dealkylation sites (N-methyl/N-ethyl adjacent to an activating group) is 2. The van der Waals surface area contributed by atoms with Crippen molar-refractivity contribution in [2.24, 2.45) is 11.8 Å². The first kappa shape index (κ1) is 26.4. The molecule has 1 amide bonds. The van der Waals surface area contributed by atoms with E-state index in [0.29, 0.717) is 29.4 Å². The lowest BCUT2D eigenvalue weighted by molar-refractivity contribution is -0.130. The van der Waals surface area contributed by atoms with E-state index in [1.165, 1.54) is 19.3 Å². The third-order valence-corrected chi connectivity index (χ3v) is 7.16. The third-order valence-electron chi connectivity index (χ3n) is 6.93. The summed E-state index contributed by atoms with van der Waals surface area (Å²) in [6, 6.07) is 8.39. The first-order chi connectivity index (χ1) is 16.1. The number of hydrogen-bond acceptors (Lipinski definition) is 5. The lowest BCUT2D eigenvalue weighted by Crippen LogP contribution is -2.49. The molecule has 2 N–H and O–H groups in total. The second-order valence-corrected chi connectivity index (χ2v) is 9.96. The van der Waals surface area contributed by atoms with Crippen LogP contribution in [-0.2, 0) is 14.3 Å². The maximum absolute atomic E-state index is 12.1. The molecule has 4 unspecified atom stereocenters. The molecule has 0 saturated carbocycles. The van der Waals surface area contributed by atoms with Crippen molar-refractivity contribution in [3.05, 3.63) is 34.9 Å². The Morgan fingerprint density at radius 2 is 2.18 bits per heavy atom. The molecule has 1 aromatic carbocycles. The minimum Gasteiger partial charge on any atom is -0.381 e. The quantitative estimate of drug-likeness (QED) is 0.501. The predicted octanol–water partition coefficient (Wildman–Crippen LogP) is 4.04. The van der Waals surface area contributed by atoms with Gasteiger partial charge in [-0.2, -0.15) is 0 Å². The van der Waals surface area contributed by atoms with Crippen LogP contribution in [0.2, 0.25) is 5.02 Å². The zero-order valence-electron chi connectivity index (χ0n) is 20.4. The van der Waals surface area contributed by atoms with Crippen LogP contribution in [-0.4, -0.2) is 69.9 Å². The van der Waals surface area contributed by atoms with Crippen LogP contribution in [0.3, 0.4) is 0 Å². The molecule has 2 saturated heterocycles. The molecule has 2 heterocycles. The number of likely N-dealkylation sites (tertiary alicyclic amines) is 1. The van der Waals surface area contributed by atoms with Crippen LogP contribution in [0.1, 0.15) is 57.1 Å². The number of piperidine rings is 1. The van der Waals surface area contributed by atoms with Gasteiger partial charge in [-0.3, -0.25) is 9.69 Å². The van der Waals surface area contributed by atoms with Crippen molar-refractivity contribution in [2.75, 3.05) is 53.0 Å². The van der Waals surface area contributed by atoms with Gasteiger partial charge in [-0.15, -0.1) is 0 Å². The van der Waals surface area contributed by atoms with Gasteiger partial charge in [0, 0.05) is 49.8 Å². The summed E-state index contributed by atoms with van der Waals surface area (Å²) in [5, 5.41) is 6.97. The Morgan fingerprint density at radius 3 is 2.97 bits per heavy atom. The van der Waals surface area contributed by atoms with E-state index in [1.54, 1.807) is 0 Å². The Kier molecular flexibility index (Phi) is 11.4. The number of nitrogens with zero attached hydrogens (tertiary/aromatic N) is 1. The van der Waals surface area contributed by atoms with E-state index in [9.17, 15) is 4.79 Å². The summed E-state index contributed by atoms with van der Waals surface area (Å²) in [5.74, 6) is 0.874. The fourth-order valence-electron chi connectivity index (χ4n) is 5.36. The average Bonchev–Trinajstić information content (AvgIpc) is 3.08. The largest absolute Gasteiger partial charge is 0.381 e. The highest BCUT2D eigenvalue weighted by atomic mass is 35.5. The number of nitrogens with one attached hydrogen (secondary N) is 2. The molecule has 6 nitrogen and oxygen atoms in total. The summed E-state index contributed by atoms with van der Waals surface area (Å²) in [6.07, 6.45) is 6.95. The third kappa shape index (κ3) is 8.52. The highest BCUT2D eigenvalue weighted by molar-refractivity contribution is 6.30. The normalized spacial score (nSPS) is 24.1.